The summed E-state index contributed by atoms with van der Waals surface area (Å²) in [5.74, 6) is 0.594. The molecule has 0 bridgehead atoms. The molecule has 0 aromatic heterocycles. The topological polar surface area (TPSA) is 21.8 Å². The summed E-state index contributed by atoms with van der Waals surface area (Å²) in [7, 11) is 0. The van der Waals surface area contributed by atoms with Crippen LogP contribution in [0, 0.1) is 0 Å². The van der Waals surface area contributed by atoms with Gasteiger partial charge in [0.1, 0.15) is 18.0 Å². The van der Waals surface area contributed by atoms with E-state index in [1.807, 2.05) is 6.08 Å². The predicted molar refractivity (Wildman–Crippen MR) is 65.4 cm³/mol. The molecule has 2 unspecified atom stereocenters. The lowest BCUT2D eigenvalue weighted by molar-refractivity contribution is 0.162. The Morgan fingerprint density at radius 3 is 2.94 bits per heavy atom. The van der Waals surface area contributed by atoms with E-state index in [2.05, 4.69) is 6.58 Å². The summed E-state index contributed by atoms with van der Waals surface area (Å²) < 4.78 is 11.0. The maximum atomic E-state index is 6.02. The van der Waals surface area contributed by atoms with Gasteiger partial charge >= 0.3 is 0 Å². The van der Waals surface area contributed by atoms with Gasteiger partial charge in [-0.1, -0.05) is 29.3 Å². The first-order chi connectivity index (χ1) is 7.70. The van der Waals surface area contributed by atoms with E-state index in [9.17, 15) is 0 Å². The molecule has 0 amide bonds. The molecule has 2 rings (SSSR count). The predicted octanol–water partition coefficient (Wildman–Crippen LogP) is 3.72. The minimum atomic E-state index is -0.0338. The molecule has 0 saturated carbocycles. The Morgan fingerprint density at radius 2 is 2.31 bits per heavy atom. The first-order valence-electron chi connectivity index (χ1n) is 5.05. The van der Waals surface area contributed by atoms with Gasteiger partial charge in [0, 0.05) is 17.5 Å². The van der Waals surface area contributed by atoms with E-state index in [0.29, 0.717) is 15.8 Å². The normalized spacial score (nSPS) is 20.2. The molecule has 1 aliphatic heterocycles. The largest absolute Gasteiger partial charge is 0.486 e. The monoisotopic (exact) mass is 258 g/mol. The van der Waals surface area contributed by atoms with Crippen LogP contribution in [-0.2, 0) is 4.74 Å². The van der Waals surface area contributed by atoms with E-state index in [1.165, 1.54) is 0 Å². The van der Waals surface area contributed by atoms with Crippen LogP contribution in [0.2, 0.25) is 10.0 Å². The van der Waals surface area contributed by atoms with E-state index >= 15 is 0 Å². The minimum Gasteiger partial charge on any atom is -0.486 e. The first kappa shape index (κ1) is 11.8. The fraction of sp³-hybridized carbons (Fsp3) is 0.333. The number of hydrogen-bond acceptors (Lipinski definition) is 2. The van der Waals surface area contributed by atoms with Crippen molar-refractivity contribution < 1.29 is 9.47 Å². The number of hydrogen-bond donors (Lipinski definition) is 0. The van der Waals surface area contributed by atoms with Crippen molar-refractivity contribution in [1.82, 2.24) is 0 Å². The van der Waals surface area contributed by atoms with Crippen molar-refractivity contribution in [2.75, 3.05) is 6.61 Å². The van der Waals surface area contributed by atoms with Gasteiger partial charge in [-0.15, -0.1) is 6.58 Å². The molecule has 1 saturated heterocycles. The Labute approximate surface area is 105 Å². The molecule has 86 valence electrons. The van der Waals surface area contributed by atoms with Crippen molar-refractivity contribution in [1.29, 1.82) is 0 Å². The highest BCUT2D eigenvalue weighted by atomic mass is 35.5. The van der Waals surface area contributed by atoms with Gasteiger partial charge in [0.15, 0.2) is 0 Å². The van der Waals surface area contributed by atoms with E-state index in [4.69, 9.17) is 32.7 Å². The molecule has 1 aromatic rings. The molecule has 0 aliphatic carbocycles. The van der Waals surface area contributed by atoms with Gasteiger partial charge in [-0.3, -0.25) is 0 Å². The second-order valence-corrected chi connectivity index (χ2v) is 4.47. The van der Waals surface area contributed by atoms with Crippen molar-refractivity contribution in [3.63, 3.8) is 0 Å². The quantitative estimate of drug-likeness (QED) is 0.593. The SMILES string of the molecule is C=CCC(Oc1cc(Cl)ccc1Cl)C1CO1. The van der Waals surface area contributed by atoms with Gasteiger partial charge in [-0.25, -0.2) is 0 Å². The Hall–Kier alpha value is -0.700. The zero-order valence-electron chi connectivity index (χ0n) is 8.66. The molecule has 2 nitrogen and oxygen atoms in total. The number of rotatable bonds is 5. The Morgan fingerprint density at radius 1 is 1.56 bits per heavy atom. The second-order valence-electron chi connectivity index (χ2n) is 3.63. The average molecular weight is 259 g/mol. The van der Waals surface area contributed by atoms with Crippen LogP contribution >= 0.6 is 23.2 Å². The standard InChI is InChI=1S/C12H12Cl2O2/c1-2-3-10(12-7-15-12)16-11-6-8(13)4-5-9(11)14/h2,4-6,10,12H,1,3,7H2. The molecular formula is C12H12Cl2O2. The summed E-state index contributed by atoms with van der Waals surface area (Å²) in [5, 5.41) is 1.16. The molecule has 1 aliphatic rings. The van der Waals surface area contributed by atoms with Crippen LogP contribution in [-0.4, -0.2) is 18.8 Å². The smallest absolute Gasteiger partial charge is 0.139 e. The van der Waals surface area contributed by atoms with Gasteiger partial charge in [0.2, 0.25) is 0 Å². The van der Waals surface area contributed by atoms with Crippen LogP contribution in [0.4, 0.5) is 0 Å². The lowest BCUT2D eigenvalue weighted by atomic mass is 10.2. The Kier molecular flexibility index (Phi) is 3.74. The summed E-state index contributed by atoms with van der Waals surface area (Å²) in [5.41, 5.74) is 0. The number of halogens is 2. The highest BCUT2D eigenvalue weighted by molar-refractivity contribution is 6.34. The maximum absolute atomic E-state index is 6.02. The molecule has 1 fully saturated rings. The van der Waals surface area contributed by atoms with Crippen molar-refractivity contribution in [3.8, 4) is 5.75 Å². The molecule has 0 N–H and O–H groups in total. The highest BCUT2D eigenvalue weighted by Crippen LogP contribution is 2.31. The molecule has 0 spiro atoms. The van der Waals surface area contributed by atoms with Crippen LogP contribution in [0.25, 0.3) is 0 Å². The van der Waals surface area contributed by atoms with Gasteiger partial charge in [0.05, 0.1) is 11.6 Å². The highest BCUT2D eigenvalue weighted by Gasteiger charge is 2.34. The third-order valence-corrected chi connectivity index (χ3v) is 2.89. The number of benzene rings is 1. The summed E-state index contributed by atoms with van der Waals surface area (Å²) in [6.07, 6.45) is 2.65. The lowest BCUT2D eigenvalue weighted by Gasteiger charge is -2.16. The molecule has 4 heteroatoms. The van der Waals surface area contributed by atoms with Crippen LogP contribution in [0.5, 0.6) is 5.75 Å². The van der Waals surface area contributed by atoms with E-state index < -0.39 is 0 Å². The molecular weight excluding hydrogens is 247 g/mol. The third-order valence-electron chi connectivity index (χ3n) is 2.34. The summed E-state index contributed by atoms with van der Waals surface area (Å²) in [4.78, 5) is 0. The Balaban J connectivity index is 2.10. The zero-order chi connectivity index (χ0) is 11.5. The number of epoxide rings is 1. The van der Waals surface area contributed by atoms with Crippen molar-refractivity contribution in [3.05, 3.63) is 40.9 Å². The lowest BCUT2D eigenvalue weighted by Crippen LogP contribution is -2.22. The third kappa shape index (κ3) is 2.91. The van der Waals surface area contributed by atoms with Crippen LogP contribution in [0.15, 0.2) is 30.9 Å². The first-order valence-corrected chi connectivity index (χ1v) is 5.80. The van der Waals surface area contributed by atoms with Gasteiger partial charge in [0.25, 0.3) is 0 Å². The molecule has 1 aromatic carbocycles. The van der Waals surface area contributed by atoms with Gasteiger partial charge < -0.3 is 9.47 Å². The van der Waals surface area contributed by atoms with E-state index in [-0.39, 0.29) is 12.2 Å². The van der Waals surface area contributed by atoms with Crippen LogP contribution in [0.3, 0.4) is 0 Å². The summed E-state index contributed by atoms with van der Waals surface area (Å²) >= 11 is 11.9. The molecule has 2 atom stereocenters. The van der Waals surface area contributed by atoms with Crippen LogP contribution < -0.4 is 4.74 Å². The van der Waals surface area contributed by atoms with Crippen molar-refractivity contribution in [2.24, 2.45) is 0 Å². The zero-order valence-corrected chi connectivity index (χ0v) is 10.2. The fourth-order valence-electron chi connectivity index (χ4n) is 1.44. The van der Waals surface area contributed by atoms with E-state index in [0.717, 1.165) is 13.0 Å². The van der Waals surface area contributed by atoms with Crippen molar-refractivity contribution >= 4 is 23.2 Å². The molecule has 0 radical (unpaired) electrons. The number of ether oxygens (including phenoxy) is 2. The van der Waals surface area contributed by atoms with Gasteiger partial charge in [-0.2, -0.15) is 0 Å². The fourth-order valence-corrected chi connectivity index (χ4v) is 1.77. The Bertz CT molecular complexity index is 389. The van der Waals surface area contributed by atoms with Gasteiger partial charge in [-0.05, 0) is 12.1 Å². The molecule has 16 heavy (non-hydrogen) atoms. The maximum Gasteiger partial charge on any atom is 0.139 e. The van der Waals surface area contributed by atoms with Crippen LogP contribution in [0.1, 0.15) is 6.42 Å². The summed E-state index contributed by atoms with van der Waals surface area (Å²) in [6, 6.07) is 5.16. The van der Waals surface area contributed by atoms with Crippen molar-refractivity contribution in [2.45, 2.75) is 18.6 Å². The average Bonchev–Trinajstić information content (AvgIpc) is 3.06. The minimum absolute atomic E-state index is 0.0338. The van der Waals surface area contributed by atoms with E-state index in [1.54, 1.807) is 18.2 Å². The summed E-state index contributed by atoms with van der Waals surface area (Å²) in [6.45, 7) is 4.43. The second kappa shape index (κ2) is 5.09. The molecule has 1 heterocycles.